The van der Waals surface area contributed by atoms with Gasteiger partial charge in [0, 0.05) is 17.5 Å². The summed E-state index contributed by atoms with van der Waals surface area (Å²) in [4.78, 5) is 12.0. The Kier molecular flexibility index (Phi) is 8.33. The highest BCUT2D eigenvalue weighted by Crippen LogP contribution is 2.31. The number of hydrazone groups is 1. The third-order valence-electron chi connectivity index (χ3n) is 4.51. The van der Waals surface area contributed by atoms with E-state index in [9.17, 15) is 9.90 Å². The summed E-state index contributed by atoms with van der Waals surface area (Å²) in [6, 6.07) is 10.6. The number of carbonyl (C=O) groups excluding carboxylic acids is 1. The number of nitrogens with two attached hydrogens (primary N) is 2. The number of carbonyl (C=O) groups is 1. The molecule has 0 aliphatic carbocycles. The van der Waals surface area contributed by atoms with Gasteiger partial charge in [-0.1, -0.05) is 6.92 Å². The number of unbranched alkanes of at least 4 members (excludes halogenated alkanes) is 1. The van der Waals surface area contributed by atoms with Gasteiger partial charge in [0.05, 0.1) is 18.8 Å². The summed E-state index contributed by atoms with van der Waals surface area (Å²) in [6.07, 6.45) is 2.77. The zero-order chi connectivity index (χ0) is 21.2. The van der Waals surface area contributed by atoms with Crippen molar-refractivity contribution < 1.29 is 19.4 Å². The molecule has 0 spiro atoms. The summed E-state index contributed by atoms with van der Waals surface area (Å²) < 4.78 is 11.4. The van der Waals surface area contributed by atoms with E-state index in [1.54, 1.807) is 31.2 Å². The molecule has 7 nitrogen and oxygen atoms in total. The number of phenolic OH excluding ortho intramolecular Hbond substituents is 1. The molecule has 0 aromatic heterocycles. The van der Waals surface area contributed by atoms with Crippen molar-refractivity contribution in [2.45, 2.75) is 39.5 Å². The Balaban J connectivity index is 1.75. The first-order valence-corrected chi connectivity index (χ1v) is 9.73. The molecule has 5 N–H and O–H groups in total. The molecule has 2 rings (SSSR count). The number of aromatic hydroxyl groups is 1. The predicted octanol–water partition coefficient (Wildman–Crippen LogP) is 3.50. The van der Waals surface area contributed by atoms with Crippen molar-refractivity contribution in [3.63, 3.8) is 0 Å². The molecule has 0 aliphatic heterocycles. The SMILES string of the molecule is CCCC(=O)c1ccc(OCCCCOc2ccc(/C(N)=N/N)cc2)c(C)c1O. The van der Waals surface area contributed by atoms with E-state index in [1.165, 1.54) is 0 Å². The van der Waals surface area contributed by atoms with E-state index >= 15 is 0 Å². The molecule has 0 heterocycles. The lowest BCUT2D eigenvalue weighted by molar-refractivity contribution is 0.0979. The number of ketones is 1. The van der Waals surface area contributed by atoms with E-state index in [1.807, 2.05) is 19.1 Å². The van der Waals surface area contributed by atoms with Crippen LogP contribution in [-0.2, 0) is 0 Å². The van der Waals surface area contributed by atoms with Crippen LogP contribution in [0.4, 0.5) is 0 Å². The summed E-state index contributed by atoms with van der Waals surface area (Å²) in [5.74, 6) is 6.71. The minimum Gasteiger partial charge on any atom is -0.507 e. The minimum atomic E-state index is -0.0529. The van der Waals surface area contributed by atoms with Crippen LogP contribution < -0.4 is 21.1 Å². The van der Waals surface area contributed by atoms with Gasteiger partial charge < -0.3 is 26.2 Å². The van der Waals surface area contributed by atoms with E-state index in [0.717, 1.165) is 30.6 Å². The maximum atomic E-state index is 12.0. The highest BCUT2D eigenvalue weighted by Gasteiger charge is 2.15. The van der Waals surface area contributed by atoms with Crippen LogP contribution in [0.25, 0.3) is 0 Å². The third kappa shape index (κ3) is 6.14. The van der Waals surface area contributed by atoms with Gasteiger partial charge in [0.15, 0.2) is 5.78 Å². The van der Waals surface area contributed by atoms with E-state index in [-0.39, 0.29) is 17.4 Å². The normalized spacial score (nSPS) is 11.3. The fraction of sp³-hybridized carbons (Fsp3) is 0.364. The van der Waals surface area contributed by atoms with Crippen molar-refractivity contribution in [1.29, 1.82) is 0 Å². The lowest BCUT2D eigenvalue weighted by atomic mass is 10.0. The molecule has 29 heavy (non-hydrogen) atoms. The average molecular weight is 399 g/mol. The van der Waals surface area contributed by atoms with Gasteiger partial charge in [0.1, 0.15) is 23.1 Å². The third-order valence-corrected chi connectivity index (χ3v) is 4.51. The number of rotatable bonds is 11. The first kappa shape index (κ1) is 22.1. The minimum absolute atomic E-state index is 0.00745. The Labute approximate surface area is 171 Å². The Morgan fingerprint density at radius 1 is 1.07 bits per heavy atom. The molecule has 2 aromatic carbocycles. The van der Waals surface area contributed by atoms with E-state index in [2.05, 4.69) is 5.10 Å². The maximum absolute atomic E-state index is 12.0. The highest BCUT2D eigenvalue weighted by molar-refractivity contribution is 5.99. The van der Waals surface area contributed by atoms with Crippen LogP contribution in [0, 0.1) is 6.92 Å². The van der Waals surface area contributed by atoms with E-state index in [4.69, 9.17) is 21.1 Å². The van der Waals surface area contributed by atoms with Gasteiger partial charge in [-0.3, -0.25) is 4.79 Å². The van der Waals surface area contributed by atoms with Crippen LogP contribution in [0.15, 0.2) is 41.5 Å². The number of benzene rings is 2. The van der Waals surface area contributed by atoms with Gasteiger partial charge in [-0.2, -0.15) is 5.10 Å². The number of Topliss-reactive ketones (excluding diaryl/α,β-unsaturated/α-hetero) is 1. The van der Waals surface area contributed by atoms with Gasteiger partial charge in [-0.05, 0) is 62.6 Å². The Morgan fingerprint density at radius 3 is 2.34 bits per heavy atom. The van der Waals surface area contributed by atoms with Crippen LogP contribution in [0.5, 0.6) is 17.2 Å². The molecule has 0 radical (unpaired) electrons. The van der Waals surface area contributed by atoms with E-state index < -0.39 is 0 Å². The molecule has 0 bridgehead atoms. The smallest absolute Gasteiger partial charge is 0.166 e. The summed E-state index contributed by atoms with van der Waals surface area (Å²) >= 11 is 0. The summed E-state index contributed by atoms with van der Waals surface area (Å²) in [5.41, 5.74) is 7.33. The number of phenols is 1. The zero-order valence-corrected chi connectivity index (χ0v) is 17.0. The van der Waals surface area contributed by atoms with Crippen LogP contribution in [0.3, 0.4) is 0 Å². The molecule has 0 amide bonds. The van der Waals surface area contributed by atoms with Crippen molar-refractivity contribution in [1.82, 2.24) is 0 Å². The second-order valence-corrected chi connectivity index (χ2v) is 6.70. The average Bonchev–Trinajstić information content (AvgIpc) is 2.73. The fourth-order valence-electron chi connectivity index (χ4n) is 2.80. The molecule has 0 fully saturated rings. The summed E-state index contributed by atoms with van der Waals surface area (Å²) in [7, 11) is 0. The van der Waals surface area contributed by atoms with Gasteiger partial charge in [-0.25, -0.2) is 0 Å². The maximum Gasteiger partial charge on any atom is 0.166 e. The van der Waals surface area contributed by atoms with Gasteiger partial charge in [-0.15, -0.1) is 0 Å². The molecule has 0 unspecified atom stereocenters. The first-order valence-electron chi connectivity index (χ1n) is 9.73. The number of nitrogens with zero attached hydrogens (tertiary/aromatic N) is 1. The van der Waals surface area contributed by atoms with Crippen molar-refractivity contribution in [2.75, 3.05) is 13.2 Å². The number of amidine groups is 1. The number of hydrogen-bond acceptors (Lipinski definition) is 6. The second kappa shape index (κ2) is 10.9. The predicted molar refractivity (Wildman–Crippen MR) is 114 cm³/mol. The lowest BCUT2D eigenvalue weighted by Crippen LogP contribution is -2.15. The van der Waals surface area contributed by atoms with Gasteiger partial charge >= 0.3 is 0 Å². The lowest BCUT2D eigenvalue weighted by Gasteiger charge is -2.13. The number of ether oxygens (including phenoxy) is 2. The highest BCUT2D eigenvalue weighted by atomic mass is 16.5. The molecular weight excluding hydrogens is 370 g/mol. The van der Waals surface area contributed by atoms with Crippen molar-refractivity contribution in [3.05, 3.63) is 53.1 Å². The fourth-order valence-corrected chi connectivity index (χ4v) is 2.80. The van der Waals surface area contributed by atoms with Crippen LogP contribution in [0.2, 0.25) is 0 Å². The quantitative estimate of drug-likeness (QED) is 0.133. The molecule has 156 valence electrons. The molecule has 0 saturated heterocycles. The summed E-state index contributed by atoms with van der Waals surface area (Å²) in [5, 5.41) is 13.7. The molecule has 0 atom stereocenters. The van der Waals surface area contributed by atoms with Gasteiger partial charge in [0.25, 0.3) is 0 Å². The largest absolute Gasteiger partial charge is 0.507 e. The Hall–Kier alpha value is -3.22. The monoisotopic (exact) mass is 399 g/mol. The van der Waals surface area contributed by atoms with Crippen molar-refractivity contribution in [2.24, 2.45) is 16.7 Å². The Bertz CT molecular complexity index is 848. The van der Waals surface area contributed by atoms with E-state index in [0.29, 0.717) is 36.5 Å². The topological polar surface area (TPSA) is 120 Å². The van der Waals surface area contributed by atoms with Crippen LogP contribution >= 0.6 is 0 Å². The molecule has 0 aliphatic rings. The Morgan fingerprint density at radius 2 is 1.72 bits per heavy atom. The zero-order valence-electron chi connectivity index (χ0n) is 17.0. The molecule has 7 heteroatoms. The van der Waals surface area contributed by atoms with Gasteiger partial charge in [0.2, 0.25) is 0 Å². The number of hydrogen-bond donors (Lipinski definition) is 3. The second-order valence-electron chi connectivity index (χ2n) is 6.70. The molecular formula is C22H29N3O4. The van der Waals surface area contributed by atoms with Crippen LogP contribution in [0.1, 0.15) is 54.1 Å². The standard InChI is InChI=1S/C22H29N3O4/c1-3-6-19(26)18-11-12-20(15(2)21(18)27)29-14-5-4-13-28-17-9-7-16(8-10-17)22(23)25-24/h7-12,27H,3-6,13-14,24H2,1-2H3,(H2,23,25). The molecule has 2 aromatic rings. The molecule has 0 saturated carbocycles. The summed E-state index contributed by atoms with van der Waals surface area (Å²) in [6.45, 7) is 4.74. The van der Waals surface area contributed by atoms with Crippen molar-refractivity contribution in [3.8, 4) is 17.2 Å². The van der Waals surface area contributed by atoms with Crippen LogP contribution in [-0.4, -0.2) is 29.9 Å². The van der Waals surface area contributed by atoms with Crippen molar-refractivity contribution >= 4 is 11.6 Å². The first-order chi connectivity index (χ1) is 14.0.